The Kier molecular flexibility index (Phi) is 11.7. The Balaban J connectivity index is 1.90. The van der Waals surface area contributed by atoms with Gasteiger partial charge in [0.1, 0.15) is 18.2 Å². The Morgan fingerprint density at radius 2 is 1.57 bits per heavy atom. The summed E-state index contributed by atoms with van der Waals surface area (Å²) < 4.78 is 66.8. The third-order valence-electron chi connectivity index (χ3n) is 7.11. The topological polar surface area (TPSA) is 117 Å². The van der Waals surface area contributed by atoms with Crippen molar-refractivity contribution in [3.8, 4) is 5.75 Å². The number of carbonyl (C=O) groups is 3. The average Bonchev–Trinajstić information content (AvgIpc) is 2.96. The van der Waals surface area contributed by atoms with E-state index >= 15 is 0 Å². The molecule has 2 aromatic carbocycles. The molecule has 0 bridgehead atoms. The number of hydrogen-bond acceptors (Lipinski definition) is 7. The van der Waals surface area contributed by atoms with Gasteiger partial charge in [0.15, 0.2) is 23.2 Å². The van der Waals surface area contributed by atoms with Gasteiger partial charge >= 0.3 is 5.97 Å². The lowest BCUT2D eigenvalue weighted by Crippen LogP contribution is -2.47. The number of halogens is 4. The Bertz CT molecular complexity index is 1670. The van der Waals surface area contributed by atoms with Crippen LogP contribution in [0.2, 0.25) is 0 Å². The molecular weight excluding hydrogens is 622 g/mol. The molecule has 9 nitrogen and oxygen atoms in total. The van der Waals surface area contributed by atoms with E-state index < -0.39 is 82.8 Å². The van der Waals surface area contributed by atoms with Gasteiger partial charge in [-0.3, -0.25) is 19.2 Å². The van der Waals surface area contributed by atoms with E-state index in [1.165, 1.54) is 16.9 Å². The van der Waals surface area contributed by atoms with Crippen molar-refractivity contribution >= 4 is 17.7 Å². The maximum absolute atomic E-state index is 14.1. The lowest BCUT2D eigenvalue weighted by atomic mass is 9.84. The monoisotopic (exact) mass is 661 g/mol. The summed E-state index contributed by atoms with van der Waals surface area (Å²) in [6.07, 6.45) is 0.769. The highest BCUT2D eigenvalue weighted by molar-refractivity contribution is 5.94. The molecule has 0 aliphatic carbocycles. The maximum atomic E-state index is 14.1. The molecule has 0 saturated carbocycles. The van der Waals surface area contributed by atoms with Gasteiger partial charge in [-0.1, -0.05) is 52.0 Å². The van der Waals surface area contributed by atoms with E-state index in [9.17, 15) is 36.7 Å². The molecule has 1 aromatic heterocycles. The Morgan fingerprint density at radius 1 is 0.957 bits per heavy atom. The van der Waals surface area contributed by atoms with Crippen LogP contribution < -0.4 is 15.6 Å². The van der Waals surface area contributed by atoms with Crippen molar-refractivity contribution in [2.24, 2.45) is 0 Å². The van der Waals surface area contributed by atoms with Crippen molar-refractivity contribution in [2.75, 3.05) is 6.61 Å². The lowest BCUT2D eigenvalue weighted by Gasteiger charge is -2.24. The molecule has 0 spiro atoms. The molecular formula is C34H39F4N3O6. The first kappa shape index (κ1) is 36.9. The lowest BCUT2D eigenvalue weighted by molar-refractivity contribution is -0.156. The number of aromatic nitrogens is 2. The predicted octanol–water partition coefficient (Wildman–Crippen LogP) is 5.50. The third-order valence-corrected chi connectivity index (χ3v) is 7.11. The van der Waals surface area contributed by atoms with Gasteiger partial charge in [-0.25, -0.2) is 13.5 Å². The second-order valence-electron chi connectivity index (χ2n) is 13.0. The quantitative estimate of drug-likeness (QED) is 0.155. The zero-order valence-electron chi connectivity index (χ0n) is 27.4. The third kappa shape index (κ3) is 9.49. The molecule has 0 unspecified atom stereocenters. The fourth-order valence-electron chi connectivity index (χ4n) is 4.93. The van der Waals surface area contributed by atoms with Crippen LogP contribution in [-0.2, 0) is 31.1 Å². The van der Waals surface area contributed by atoms with Gasteiger partial charge < -0.3 is 14.8 Å². The van der Waals surface area contributed by atoms with E-state index in [1.807, 2.05) is 45.0 Å². The fraction of sp³-hybridized carbons (Fsp3) is 0.441. The summed E-state index contributed by atoms with van der Waals surface area (Å²) in [5.74, 6) is -12.6. The van der Waals surface area contributed by atoms with Crippen molar-refractivity contribution < 1.29 is 41.4 Å². The summed E-state index contributed by atoms with van der Waals surface area (Å²) >= 11 is 0. The SMILES string of the molecule is CC[C@H](C(=O)N[C@@H](CC(=O)OC(C)(C)C)C(=O)COc1c(F)c(F)cc(F)c1F)c1ccnn(Cc2ccccc2C(C)(C)C)c1=O. The van der Waals surface area contributed by atoms with Crippen LogP contribution in [0.1, 0.15) is 83.9 Å². The van der Waals surface area contributed by atoms with E-state index in [2.05, 4.69) is 10.4 Å². The van der Waals surface area contributed by atoms with Crippen LogP contribution in [0.25, 0.3) is 0 Å². The van der Waals surface area contributed by atoms with Crippen LogP contribution in [-0.4, -0.2) is 45.7 Å². The zero-order chi connectivity index (χ0) is 35.3. The van der Waals surface area contributed by atoms with E-state index in [1.54, 1.807) is 27.7 Å². The average molecular weight is 662 g/mol. The zero-order valence-corrected chi connectivity index (χ0v) is 27.4. The number of carbonyl (C=O) groups excluding carboxylic acids is 3. The molecule has 0 fully saturated rings. The number of ketones is 1. The highest BCUT2D eigenvalue weighted by atomic mass is 19.2. The summed E-state index contributed by atoms with van der Waals surface area (Å²) in [5, 5.41) is 6.62. The molecule has 47 heavy (non-hydrogen) atoms. The van der Waals surface area contributed by atoms with E-state index in [0.29, 0.717) is 0 Å². The number of nitrogens with one attached hydrogen (secondary N) is 1. The van der Waals surface area contributed by atoms with Crippen molar-refractivity contribution in [2.45, 2.75) is 90.8 Å². The number of amides is 1. The van der Waals surface area contributed by atoms with Crippen LogP contribution in [0.5, 0.6) is 5.75 Å². The first-order chi connectivity index (χ1) is 21.8. The van der Waals surface area contributed by atoms with Crippen molar-refractivity contribution in [3.05, 3.63) is 92.9 Å². The number of hydrogen-bond donors (Lipinski definition) is 1. The minimum absolute atomic E-state index is 0.0216. The smallest absolute Gasteiger partial charge is 0.308 e. The van der Waals surface area contributed by atoms with Gasteiger partial charge in [0.05, 0.1) is 18.9 Å². The molecule has 0 aliphatic heterocycles. The summed E-state index contributed by atoms with van der Waals surface area (Å²) in [6, 6.07) is 7.31. The maximum Gasteiger partial charge on any atom is 0.308 e. The number of ether oxygens (including phenoxy) is 2. The van der Waals surface area contributed by atoms with E-state index in [-0.39, 0.29) is 30.0 Å². The van der Waals surface area contributed by atoms with Crippen molar-refractivity contribution in [3.63, 3.8) is 0 Å². The molecule has 1 heterocycles. The number of nitrogens with zero attached hydrogens (tertiary/aromatic N) is 2. The second kappa shape index (κ2) is 14.9. The van der Waals surface area contributed by atoms with E-state index in [0.717, 1.165) is 11.1 Å². The molecule has 1 amide bonds. The van der Waals surface area contributed by atoms with Gasteiger partial charge in [-0.2, -0.15) is 13.9 Å². The van der Waals surface area contributed by atoms with Crippen LogP contribution >= 0.6 is 0 Å². The number of Topliss-reactive ketones (excluding diaryl/α,β-unsaturated/α-hetero) is 1. The van der Waals surface area contributed by atoms with Gasteiger partial charge in [-0.05, 0) is 49.8 Å². The summed E-state index contributed by atoms with van der Waals surface area (Å²) in [7, 11) is 0. The Labute approximate surface area is 270 Å². The molecule has 2 atom stereocenters. The molecule has 0 aliphatic rings. The van der Waals surface area contributed by atoms with Crippen molar-refractivity contribution in [1.82, 2.24) is 15.1 Å². The first-order valence-corrected chi connectivity index (χ1v) is 15.0. The fourth-order valence-corrected chi connectivity index (χ4v) is 4.93. The molecule has 1 N–H and O–H groups in total. The molecule has 0 saturated heterocycles. The minimum atomic E-state index is -1.87. The highest BCUT2D eigenvalue weighted by Crippen LogP contribution is 2.28. The Hall–Kier alpha value is -4.55. The molecule has 254 valence electrons. The number of esters is 1. The van der Waals surface area contributed by atoms with Gasteiger partial charge in [0, 0.05) is 17.8 Å². The summed E-state index contributed by atoms with van der Waals surface area (Å²) in [6.45, 7) is 11.5. The largest absolute Gasteiger partial charge is 0.479 e. The van der Waals surface area contributed by atoms with Gasteiger partial charge in [0.2, 0.25) is 17.5 Å². The molecule has 3 aromatic rings. The molecule has 0 radical (unpaired) electrons. The standard InChI is InChI=1S/C34H39F4N3O6/c1-8-20(21-13-14-39-41(32(21)45)17-19-11-9-10-12-22(19)33(2,3)4)31(44)40-25(16-27(43)47-34(5,6)7)26(42)18-46-30-28(37)23(35)15-24(36)29(30)38/h9-15,20,25H,8,16-18H2,1-7H3,(H,40,44)/t20-,25-/m0/s1. The molecule has 3 rings (SSSR count). The highest BCUT2D eigenvalue weighted by Gasteiger charge is 2.32. The molecule has 13 heteroatoms. The number of benzene rings is 2. The Morgan fingerprint density at radius 3 is 2.15 bits per heavy atom. The summed E-state index contributed by atoms with van der Waals surface area (Å²) in [5.41, 5.74) is 0.219. The minimum Gasteiger partial charge on any atom is -0.479 e. The van der Waals surface area contributed by atoms with Gasteiger partial charge in [-0.15, -0.1) is 0 Å². The van der Waals surface area contributed by atoms with E-state index in [4.69, 9.17) is 9.47 Å². The van der Waals surface area contributed by atoms with Crippen LogP contribution in [0.3, 0.4) is 0 Å². The predicted molar refractivity (Wildman–Crippen MR) is 165 cm³/mol. The first-order valence-electron chi connectivity index (χ1n) is 15.0. The number of rotatable bonds is 12. The van der Waals surface area contributed by atoms with Crippen molar-refractivity contribution in [1.29, 1.82) is 0 Å². The van der Waals surface area contributed by atoms with Crippen LogP contribution in [0.4, 0.5) is 17.6 Å². The summed E-state index contributed by atoms with van der Waals surface area (Å²) in [4.78, 5) is 53.0. The van der Waals surface area contributed by atoms with Crippen LogP contribution in [0.15, 0.2) is 47.4 Å². The second-order valence-corrected chi connectivity index (χ2v) is 13.0. The normalized spacial score (nSPS) is 13.1. The van der Waals surface area contributed by atoms with Gasteiger partial charge in [0.25, 0.3) is 5.56 Å². The van der Waals surface area contributed by atoms with Crippen LogP contribution in [0, 0.1) is 23.3 Å².